The van der Waals surface area contributed by atoms with Gasteiger partial charge in [0.15, 0.2) is 5.78 Å². The zero-order valence-electron chi connectivity index (χ0n) is 14.2. The Balaban J connectivity index is 2.04. The molecular formula is C17H19ClN2O5. The summed E-state index contributed by atoms with van der Waals surface area (Å²) in [6, 6.07) is 5.23. The van der Waals surface area contributed by atoms with Gasteiger partial charge in [-0.15, -0.1) is 0 Å². The van der Waals surface area contributed by atoms with Crippen LogP contribution in [0.15, 0.2) is 27.8 Å². The van der Waals surface area contributed by atoms with Gasteiger partial charge in [-0.1, -0.05) is 11.6 Å². The highest BCUT2D eigenvalue weighted by Crippen LogP contribution is 2.22. The Labute approximate surface area is 149 Å². The van der Waals surface area contributed by atoms with Gasteiger partial charge in [-0.2, -0.15) is 0 Å². The summed E-state index contributed by atoms with van der Waals surface area (Å²) in [4.78, 5) is 36.0. The SMILES string of the molecule is Cc1cc(Cl)ccc1OCCCC(=O)c1c(O)n(C)c(=O)n(C)c1=O. The van der Waals surface area contributed by atoms with Crippen molar-refractivity contribution in [2.75, 3.05) is 6.61 Å². The normalized spacial score (nSPS) is 10.7. The van der Waals surface area contributed by atoms with E-state index in [0.717, 1.165) is 14.7 Å². The third kappa shape index (κ3) is 3.93. The summed E-state index contributed by atoms with van der Waals surface area (Å²) in [5.41, 5.74) is -1.00. The van der Waals surface area contributed by atoms with Crippen LogP contribution < -0.4 is 16.0 Å². The second kappa shape index (κ2) is 7.57. The Morgan fingerprint density at radius 3 is 2.56 bits per heavy atom. The number of aromatic hydroxyl groups is 1. The molecule has 1 heterocycles. The fourth-order valence-electron chi connectivity index (χ4n) is 2.39. The van der Waals surface area contributed by atoms with Crippen LogP contribution in [-0.4, -0.2) is 26.6 Å². The van der Waals surface area contributed by atoms with Gasteiger partial charge in [0, 0.05) is 25.5 Å². The summed E-state index contributed by atoms with van der Waals surface area (Å²) in [7, 11) is 2.55. The maximum Gasteiger partial charge on any atom is 0.333 e. The van der Waals surface area contributed by atoms with E-state index in [-0.39, 0.29) is 18.6 Å². The van der Waals surface area contributed by atoms with Crippen LogP contribution in [0.1, 0.15) is 28.8 Å². The number of Topliss-reactive ketones (excluding diaryl/α,β-unsaturated/α-hetero) is 1. The Kier molecular flexibility index (Phi) is 5.69. The Morgan fingerprint density at radius 2 is 1.92 bits per heavy atom. The monoisotopic (exact) mass is 366 g/mol. The molecule has 1 aromatic heterocycles. The van der Waals surface area contributed by atoms with Crippen LogP contribution in [0, 0.1) is 6.92 Å². The molecule has 0 spiro atoms. The van der Waals surface area contributed by atoms with Crippen molar-refractivity contribution in [2.24, 2.45) is 14.1 Å². The number of rotatable bonds is 6. The minimum atomic E-state index is -0.805. The minimum Gasteiger partial charge on any atom is -0.494 e. The van der Waals surface area contributed by atoms with E-state index in [4.69, 9.17) is 16.3 Å². The third-order valence-electron chi connectivity index (χ3n) is 3.86. The number of halogens is 1. The highest BCUT2D eigenvalue weighted by Gasteiger charge is 2.21. The van der Waals surface area contributed by atoms with Crippen LogP contribution in [0.2, 0.25) is 5.02 Å². The molecule has 1 aromatic carbocycles. The molecule has 2 rings (SSSR count). The molecule has 0 unspecified atom stereocenters. The molecule has 0 amide bonds. The first-order valence-corrected chi connectivity index (χ1v) is 8.03. The summed E-state index contributed by atoms with van der Waals surface area (Å²) in [5.74, 6) is -0.490. The van der Waals surface area contributed by atoms with Crippen molar-refractivity contribution < 1.29 is 14.6 Å². The Morgan fingerprint density at radius 1 is 1.24 bits per heavy atom. The number of ketones is 1. The largest absolute Gasteiger partial charge is 0.494 e. The zero-order valence-corrected chi connectivity index (χ0v) is 15.0. The molecule has 0 aliphatic heterocycles. The van der Waals surface area contributed by atoms with E-state index in [1.807, 2.05) is 6.92 Å². The van der Waals surface area contributed by atoms with Crippen LogP contribution >= 0.6 is 11.6 Å². The molecule has 0 bridgehead atoms. The lowest BCUT2D eigenvalue weighted by Crippen LogP contribution is -2.40. The molecule has 0 aliphatic carbocycles. The molecule has 0 saturated heterocycles. The van der Waals surface area contributed by atoms with E-state index in [1.165, 1.54) is 14.1 Å². The molecule has 0 fully saturated rings. The van der Waals surface area contributed by atoms with Gasteiger partial charge in [-0.25, -0.2) is 4.79 Å². The molecule has 0 radical (unpaired) electrons. The molecule has 134 valence electrons. The van der Waals surface area contributed by atoms with E-state index in [1.54, 1.807) is 18.2 Å². The fourth-order valence-corrected chi connectivity index (χ4v) is 2.62. The number of carbonyl (C=O) groups excluding carboxylic acids is 1. The van der Waals surface area contributed by atoms with Crippen LogP contribution in [0.5, 0.6) is 11.6 Å². The van der Waals surface area contributed by atoms with E-state index < -0.39 is 22.9 Å². The zero-order chi connectivity index (χ0) is 18.7. The smallest absolute Gasteiger partial charge is 0.333 e. The fraction of sp³-hybridized carbons (Fsp3) is 0.353. The van der Waals surface area contributed by atoms with Gasteiger partial charge in [0.05, 0.1) is 6.61 Å². The van der Waals surface area contributed by atoms with Gasteiger partial charge in [0.1, 0.15) is 11.3 Å². The number of ether oxygens (including phenoxy) is 1. The van der Waals surface area contributed by atoms with E-state index >= 15 is 0 Å². The number of benzene rings is 1. The summed E-state index contributed by atoms with van der Waals surface area (Å²) >= 11 is 5.87. The van der Waals surface area contributed by atoms with Crippen molar-refractivity contribution in [2.45, 2.75) is 19.8 Å². The second-order valence-corrected chi connectivity index (χ2v) is 6.13. The van der Waals surface area contributed by atoms with Crippen LogP contribution in [0.4, 0.5) is 0 Å². The Hall–Kier alpha value is -2.54. The van der Waals surface area contributed by atoms with E-state index in [0.29, 0.717) is 17.2 Å². The third-order valence-corrected chi connectivity index (χ3v) is 4.09. The van der Waals surface area contributed by atoms with Crippen molar-refractivity contribution in [1.29, 1.82) is 0 Å². The molecule has 2 aromatic rings. The Bertz CT molecular complexity index is 930. The summed E-state index contributed by atoms with van der Waals surface area (Å²) in [5, 5.41) is 10.5. The minimum absolute atomic E-state index is 0.00758. The quantitative estimate of drug-likeness (QED) is 0.621. The average Bonchev–Trinajstić information content (AvgIpc) is 2.57. The number of nitrogens with zero attached hydrogens (tertiary/aromatic N) is 2. The van der Waals surface area contributed by atoms with Crippen molar-refractivity contribution >= 4 is 17.4 Å². The first-order chi connectivity index (χ1) is 11.7. The van der Waals surface area contributed by atoms with Crippen LogP contribution in [0.25, 0.3) is 0 Å². The topological polar surface area (TPSA) is 90.5 Å². The molecule has 1 N–H and O–H groups in total. The number of carbonyl (C=O) groups is 1. The molecular weight excluding hydrogens is 348 g/mol. The molecule has 8 heteroatoms. The first kappa shape index (κ1) is 18.8. The predicted molar refractivity (Wildman–Crippen MR) is 93.8 cm³/mol. The van der Waals surface area contributed by atoms with Crippen molar-refractivity contribution in [3.05, 3.63) is 55.2 Å². The van der Waals surface area contributed by atoms with E-state index in [2.05, 4.69) is 0 Å². The lowest BCUT2D eigenvalue weighted by molar-refractivity contribution is 0.0966. The number of hydrogen-bond donors (Lipinski definition) is 1. The van der Waals surface area contributed by atoms with Crippen LogP contribution in [0.3, 0.4) is 0 Å². The lowest BCUT2D eigenvalue weighted by Gasteiger charge is -2.11. The van der Waals surface area contributed by atoms with Crippen molar-refractivity contribution in [1.82, 2.24) is 9.13 Å². The van der Waals surface area contributed by atoms with Crippen molar-refractivity contribution in [3.63, 3.8) is 0 Å². The number of aromatic nitrogens is 2. The molecule has 0 saturated carbocycles. The molecule has 0 aliphatic rings. The number of hydrogen-bond acceptors (Lipinski definition) is 5. The second-order valence-electron chi connectivity index (χ2n) is 5.69. The highest BCUT2D eigenvalue weighted by atomic mass is 35.5. The van der Waals surface area contributed by atoms with Gasteiger partial charge < -0.3 is 9.84 Å². The predicted octanol–water partition coefficient (Wildman–Crippen LogP) is 1.79. The summed E-state index contributed by atoms with van der Waals surface area (Å²) < 4.78 is 7.25. The summed E-state index contributed by atoms with van der Waals surface area (Å²) in [6.45, 7) is 2.12. The number of aryl methyl sites for hydroxylation is 1. The molecule has 25 heavy (non-hydrogen) atoms. The van der Waals surface area contributed by atoms with Crippen LogP contribution in [-0.2, 0) is 14.1 Å². The maximum atomic E-state index is 12.3. The lowest BCUT2D eigenvalue weighted by atomic mass is 10.1. The average molecular weight is 367 g/mol. The first-order valence-electron chi connectivity index (χ1n) is 7.65. The highest BCUT2D eigenvalue weighted by molar-refractivity contribution is 6.30. The van der Waals surface area contributed by atoms with Gasteiger partial charge in [-0.3, -0.25) is 18.7 Å². The van der Waals surface area contributed by atoms with Crippen molar-refractivity contribution in [3.8, 4) is 11.6 Å². The maximum absolute atomic E-state index is 12.3. The van der Waals surface area contributed by atoms with E-state index in [9.17, 15) is 19.5 Å². The molecule has 7 nitrogen and oxygen atoms in total. The summed E-state index contributed by atoms with van der Waals surface area (Å²) in [6.07, 6.45) is 0.361. The molecule has 0 atom stereocenters. The van der Waals surface area contributed by atoms with Gasteiger partial charge in [0.25, 0.3) is 5.56 Å². The van der Waals surface area contributed by atoms with Gasteiger partial charge in [-0.05, 0) is 37.1 Å². The van der Waals surface area contributed by atoms with Gasteiger partial charge >= 0.3 is 5.69 Å². The van der Waals surface area contributed by atoms with Gasteiger partial charge in [0.2, 0.25) is 5.88 Å². The standard InChI is InChI=1S/C17H19ClN2O5/c1-10-9-11(18)6-7-13(10)25-8-4-5-12(21)14-15(22)19(2)17(24)20(3)16(14)23/h6-7,9,22H,4-5,8H2,1-3H3.